The number of nitrogens with zero attached hydrogens (tertiary/aromatic N) is 2. The predicted octanol–water partition coefficient (Wildman–Crippen LogP) is 5.72. The molecule has 0 heterocycles. The van der Waals surface area contributed by atoms with Crippen molar-refractivity contribution in [2.45, 2.75) is 71.1 Å². The smallest absolute Gasteiger partial charge is 0.297 e. The van der Waals surface area contributed by atoms with Gasteiger partial charge in [0, 0.05) is 29.4 Å². The van der Waals surface area contributed by atoms with Crippen molar-refractivity contribution < 1.29 is 19.4 Å². The van der Waals surface area contributed by atoms with Gasteiger partial charge >= 0.3 is 0 Å². The van der Waals surface area contributed by atoms with E-state index in [0.29, 0.717) is 22.5 Å². The van der Waals surface area contributed by atoms with Crippen LogP contribution < -0.4 is 10.6 Å². The van der Waals surface area contributed by atoms with Crippen molar-refractivity contribution >= 4 is 50.5 Å². The number of benzene rings is 2. The molecule has 10 nitrogen and oxygen atoms in total. The third-order valence-electron chi connectivity index (χ3n) is 6.71. The van der Waals surface area contributed by atoms with Crippen molar-refractivity contribution in [1.29, 1.82) is 0 Å². The first-order valence-electron chi connectivity index (χ1n) is 11.9. The summed E-state index contributed by atoms with van der Waals surface area (Å²) < 4.78 is 0.569. The van der Waals surface area contributed by atoms with Gasteiger partial charge in [0.2, 0.25) is 11.8 Å². The monoisotopic (exact) mass is 558 g/mol. The maximum atomic E-state index is 11.4. The Balaban J connectivity index is 0.000000170. The zero-order valence-electron chi connectivity index (χ0n) is 20.1. The average Bonchev–Trinajstić information content (AvgIpc) is 3.34. The summed E-state index contributed by atoms with van der Waals surface area (Å²) in [6.45, 7) is 2.73. The molecule has 36 heavy (non-hydrogen) atoms. The third kappa shape index (κ3) is 5.25. The van der Waals surface area contributed by atoms with Crippen molar-refractivity contribution in [3.63, 3.8) is 0 Å². The quantitative estimate of drug-likeness (QED) is 0.354. The van der Waals surface area contributed by atoms with Gasteiger partial charge < -0.3 is 10.6 Å². The Kier molecular flexibility index (Phi) is 7.39. The average molecular weight is 559 g/mol. The van der Waals surface area contributed by atoms with Crippen LogP contribution in [0, 0.1) is 20.2 Å². The van der Waals surface area contributed by atoms with E-state index >= 15 is 0 Å². The van der Waals surface area contributed by atoms with Crippen molar-refractivity contribution in [3.8, 4) is 0 Å². The van der Waals surface area contributed by atoms with Crippen LogP contribution in [-0.4, -0.2) is 21.7 Å². The van der Waals surface area contributed by atoms with E-state index in [-0.39, 0.29) is 33.8 Å². The predicted molar refractivity (Wildman–Crippen MR) is 139 cm³/mol. The highest BCUT2D eigenvalue weighted by Crippen LogP contribution is 2.49. The largest absolute Gasteiger partial charge is 0.320 e. The Morgan fingerprint density at radius 3 is 1.78 bits per heavy atom. The standard InChI is InChI=1S/C14H16N2O3.C11H11BrN2O3/c1-8(17)15-13-12(9-5-6-9)7-10-3-2-4-11(10)14(13)16(18)19;1-6(15)13-10-9(12)5-7-3-2-4-8(7)11(10)14(16)17/h7,9H,2-6H2,1H3,(H,15,17);5H,2-4H2,1H3,(H,13,15). The lowest BCUT2D eigenvalue weighted by Crippen LogP contribution is -2.12. The van der Waals surface area contributed by atoms with Gasteiger partial charge in [-0.3, -0.25) is 29.8 Å². The number of fused-ring (bicyclic) bond motifs is 2. The molecule has 3 aliphatic carbocycles. The van der Waals surface area contributed by atoms with Crippen molar-refractivity contribution in [2.75, 3.05) is 10.6 Å². The zero-order chi connectivity index (χ0) is 26.1. The molecule has 2 aromatic carbocycles. The lowest BCUT2D eigenvalue weighted by Gasteiger charge is -2.13. The minimum absolute atomic E-state index is 0.0297. The normalized spacial score (nSPS) is 15.3. The van der Waals surface area contributed by atoms with Gasteiger partial charge in [-0.05, 0) is 96.0 Å². The van der Waals surface area contributed by atoms with Crippen LogP contribution in [-0.2, 0) is 35.3 Å². The summed E-state index contributed by atoms with van der Waals surface area (Å²) in [5.74, 6) is -0.179. The molecule has 0 bridgehead atoms. The van der Waals surface area contributed by atoms with Gasteiger partial charge in [0.25, 0.3) is 11.4 Å². The molecule has 2 N–H and O–H groups in total. The number of rotatable bonds is 5. The van der Waals surface area contributed by atoms with E-state index in [9.17, 15) is 29.8 Å². The zero-order valence-corrected chi connectivity index (χ0v) is 21.7. The molecular weight excluding hydrogens is 532 g/mol. The highest BCUT2D eigenvalue weighted by Gasteiger charge is 2.35. The number of hydrogen-bond donors (Lipinski definition) is 2. The Hall–Kier alpha value is -3.34. The van der Waals surface area contributed by atoms with Gasteiger partial charge in [0.1, 0.15) is 11.4 Å². The lowest BCUT2D eigenvalue weighted by atomic mass is 9.98. The Morgan fingerprint density at radius 2 is 1.31 bits per heavy atom. The van der Waals surface area contributed by atoms with Crippen LogP contribution in [0.25, 0.3) is 0 Å². The number of anilines is 2. The van der Waals surface area contributed by atoms with E-state index in [1.807, 2.05) is 6.07 Å². The van der Waals surface area contributed by atoms with Gasteiger partial charge in [0.15, 0.2) is 0 Å². The summed E-state index contributed by atoms with van der Waals surface area (Å²) >= 11 is 3.28. The number of hydrogen-bond acceptors (Lipinski definition) is 6. The molecule has 5 rings (SSSR count). The van der Waals surface area contributed by atoms with Gasteiger partial charge in [-0.25, -0.2) is 0 Å². The molecule has 11 heteroatoms. The summed E-state index contributed by atoms with van der Waals surface area (Å²) in [6, 6.07) is 3.94. The number of amides is 2. The number of halogens is 1. The number of nitro benzene ring substituents is 2. The Labute approximate surface area is 216 Å². The molecule has 1 saturated carbocycles. The molecule has 0 atom stereocenters. The van der Waals surface area contributed by atoms with Crippen molar-refractivity contribution in [2.24, 2.45) is 0 Å². The van der Waals surface area contributed by atoms with Gasteiger partial charge in [0.05, 0.1) is 9.85 Å². The van der Waals surface area contributed by atoms with Crippen LogP contribution in [0.2, 0.25) is 0 Å². The summed E-state index contributed by atoms with van der Waals surface area (Å²) in [4.78, 5) is 44.2. The van der Waals surface area contributed by atoms with E-state index < -0.39 is 4.92 Å². The first kappa shape index (κ1) is 25.7. The molecule has 1 fully saturated rings. The number of carbonyl (C=O) groups excluding carboxylic acids is 2. The fourth-order valence-electron chi connectivity index (χ4n) is 5.15. The maximum Gasteiger partial charge on any atom is 0.297 e. The van der Waals surface area contributed by atoms with Crippen LogP contribution in [0.1, 0.15) is 73.3 Å². The fraction of sp³-hybridized carbons (Fsp3) is 0.440. The highest BCUT2D eigenvalue weighted by atomic mass is 79.9. The minimum Gasteiger partial charge on any atom is -0.320 e. The molecule has 0 radical (unpaired) electrons. The second-order valence-corrected chi connectivity index (χ2v) is 10.3. The molecule has 0 saturated heterocycles. The summed E-state index contributed by atoms with van der Waals surface area (Å²) in [5.41, 5.74) is 5.50. The first-order valence-corrected chi connectivity index (χ1v) is 12.7. The molecule has 0 spiro atoms. The summed E-state index contributed by atoms with van der Waals surface area (Å²) in [7, 11) is 0. The van der Waals surface area contributed by atoms with E-state index in [4.69, 9.17) is 0 Å². The molecule has 2 amide bonds. The van der Waals surface area contributed by atoms with Crippen LogP contribution in [0.3, 0.4) is 0 Å². The highest BCUT2D eigenvalue weighted by molar-refractivity contribution is 9.10. The van der Waals surface area contributed by atoms with Crippen molar-refractivity contribution in [3.05, 3.63) is 64.7 Å². The topological polar surface area (TPSA) is 144 Å². The molecule has 0 aliphatic heterocycles. The fourth-order valence-corrected chi connectivity index (χ4v) is 5.72. The van der Waals surface area contributed by atoms with E-state index in [1.54, 1.807) is 0 Å². The molecule has 190 valence electrons. The Bertz CT molecular complexity index is 1290. The molecule has 2 aromatic rings. The van der Waals surface area contributed by atoms with Crippen LogP contribution in [0.15, 0.2) is 16.6 Å². The number of aryl methyl sites for hydroxylation is 2. The minimum atomic E-state index is -0.416. The van der Waals surface area contributed by atoms with Gasteiger partial charge in [-0.1, -0.05) is 6.07 Å². The van der Waals surface area contributed by atoms with Crippen LogP contribution in [0.5, 0.6) is 0 Å². The van der Waals surface area contributed by atoms with E-state index in [1.165, 1.54) is 13.8 Å². The number of nitrogens with one attached hydrogen (secondary N) is 2. The summed E-state index contributed by atoms with van der Waals surface area (Å²) in [6.07, 6.45) is 7.21. The molecule has 3 aliphatic rings. The van der Waals surface area contributed by atoms with Gasteiger partial charge in [-0.15, -0.1) is 0 Å². The second-order valence-electron chi connectivity index (χ2n) is 9.40. The number of nitro groups is 2. The SMILES string of the molecule is CC(=O)Nc1c(Br)cc2c(c1[N+](=O)[O-])CCC2.CC(=O)Nc1c(C2CC2)cc2c(c1[N+](=O)[O-])CCC2. The van der Waals surface area contributed by atoms with Crippen molar-refractivity contribution in [1.82, 2.24) is 0 Å². The van der Waals surface area contributed by atoms with Crippen LogP contribution in [0.4, 0.5) is 22.7 Å². The third-order valence-corrected chi connectivity index (χ3v) is 7.33. The van der Waals surface area contributed by atoms with E-state index in [0.717, 1.165) is 72.8 Å². The van der Waals surface area contributed by atoms with Crippen LogP contribution >= 0.6 is 15.9 Å². The Morgan fingerprint density at radius 1 is 0.833 bits per heavy atom. The molecule has 0 unspecified atom stereocenters. The van der Waals surface area contributed by atoms with E-state index in [2.05, 4.69) is 32.6 Å². The van der Waals surface area contributed by atoms with Gasteiger partial charge in [-0.2, -0.15) is 0 Å². The number of carbonyl (C=O) groups is 2. The molecule has 0 aromatic heterocycles. The lowest BCUT2D eigenvalue weighted by molar-refractivity contribution is -0.384. The second kappa shape index (κ2) is 10.3. The maximum absolute atomic E-state index is 11.4. The first-order chi connectivity index (χ1) is 17.1. The summed E-state index contributed by atoms with van der Waals surface area (Å²) in [5, 5.41) is 27.8. The molecular formula is C25H27BrN4O6.